The number of anilines is 1. The topological polar surface area (TPSA) is 63.0 Å². The molecule has 7 nitrogen and oxygen atoms in total. The van der Waals surface area contributed by atoms with Crippen LogP contribution in [0, 0.1) is 0 Å². The van der Waals surface area contributed by atoms with Gasteiger partial charge in [0.25, 0.3) is 0 Å². The number of likely N-dealkylation sites (N-methyl/N-ethyl adjacent to an activating group) is 1. The smallest absolute Gasteiger partial charge is 0.239 e. The zero-order chi connectivity index (χ0) is 12.4. The highest BCUT2D eigenvalue weighted by molar-refractivity contribution is 5.32. The molecule has 3 heterocycles. The minimum absolute atomic E-state index is 0.608. The standard InChI is InChI=1S/C11H15N7/c1-16-4-6-17(7-5-16)10-13-8-14-11(15-10)18-3-2-12-9-18/h2-3,8-9H,4-7H2,1H3. The van der Waals surface area contributed by atoms with E-state index in [4.69, 9.17) is 0 Å². The van der Waals surface area contributed by atoms with Crippen LogP contribution in [0.2, 0.25) is 0 Å². The van der Waals surface area contributed by atoms with Crippen molar-refractivity contribution in [1.29, 1.82) is 0 Å². The summed E-state index contributed by atoms with van der Waals surface area (Å²) in [4.78, 5) is 21.4. The Labute approximate surface area is 105 Å². The van der Waals surface area contributed by atoms with E-state index in [2.05, 4.69) is 36.8 Å². The summed E-state index contributed by atoms with van der Waals surface area (Å²) in [6, 6.07) is 0. The lowest BCUT2D eigenvalue weighted by molar-refractivity contribution is 0.311. The zero-order valence-corrected chi connectivity index (χ0v) is 10.3. The fraction of sp³-hybridized carbons (Fsp3) is 0.455. The minimum Gasteiger partial charge on any atom is -0.338 e. The van der Waals surface area contributed by atoms with Crippen molar-refractivity contribution in [1.82, 2.24) is 29.4 Å². The van der Waals surface area contributed by atoms with Crippen LogP contribution < -0.4 is 4.90 Å². The van der Waals surface area contributed by atoms with Gasteiger partial charge in [-0.3, -0.25) is 4.57 Å². The molecule has 1 aliphatic heterocycles. The van der Waals surface area contributed by atoms with Gasteiger partial charge in [-0.1, -0.05) is 0 Å². The Hall–Kier alpha value is -2.02. The van der Waals surface area contributed by atoms with Gasteiger partial charge >= 0.3 is 0 Å². The molecule has 7 heteroatoms. The Morgan fingerprint density at radius 1 is 1.06 bits per heavy atom. The Morgan fingerprint density at radius 2 is 1.83 bits per heavy atom. The van der Waals surface area contributed by atoms with Gasteiger partial charge in [-0.05, 0) is 7.05 Å². The first-order valence-electron chi connectivity index (χ1n) is 5.94. The quantitative estimate of drug-likeness (QED) is 0.730. The lowest BCUT2D eigenvalue weighted by atomic mass is 10.3. The first kappa shape index (κ1) is 11.1. The second-order valence-electron chi connectivity index (χ2n) is 4.35. The molecule has 0 unspecified atom stereocenters. The molecule has 0 aliphatic carbocycles. The molecule has 1 fully saturated rings. The highest BCUT2D eigenvalue weighted by Crippen LogP contribution is 2.10. The van der Waals surface area contributed by atoms with Crippen molar-refractivity contribution in [2.24, 2.45) is 0 Å². The molecular formula is C11H15N7. The third-order valence-electron chi connectivity index (χ3n) is 3.07. The largest absolute Gasteiger partial charge is 0.338 e. The number of piperazine rings is 1. The van der Waals surface area contributed by atoms with Gasteiger partial charge in [0.15, 0.2) is 0 Å². The molecule has 2 aromatic rings. The Kier molecular flexibility index (Phi) is 2.89. The van der Waals surface area contributed by atoms with Gasteiger partial charge in [0, 0.05) is 38.6 Å². The molecule has 0 amide bonds. The second kappa shape index (κ2) is 4.69. The van der Waals surface area contributed by atoms with Crippen molar-refractivity contribution in [3.05, 3.63) is 25.0 Å². The molecule has 0 aromatic carbocycles. The molecule has 0 saturated carbocycles. The lowest BCUT2D eigenvalue weighted by Crippen LogP contribution is -2.45. The maximum atomic E-state index is 4.47. The van der Waals surface area contributed by atoms with Crippen molar-refractivity contribution >= 4 is 5.95 Å². The van der Waals surface area contributed by atoms with E-state index in [0.29, 0.717) is 5.95 Å². The van der Waals surface area contributed by atoms with E-state index in [-0.39, 0.29) is 0 Å². The molecule has 2 aromatic heterocycles. The van der Waals surface area contributed by atoms with E-state index in [9.17, 15) is 0 Å². The van der Waals surface area contributed by atoms with E-state index in [0.717, 1.165) is 32.1 Å². The summed E-state index contributed by atoms with van der Waals surface area (Å²) in [5.74, 6) is 1.35. The zero-order valence-electron chi connectivity index (χ0n) is 10.3. The summed E-state index contributed by atoms with van der Waals surface area (Å²) in [6.45, 7) is 3.96. The Bertz CT molecular complexity index is 502. The molecule has 1 saturated heterocycles. The molecule has 3 rings (SSSR count). The Morgan fingerprint density at radius 3 is 2.56 bits per heavy atom. The maximum Gasteiger partial charge on any atom is 0.239 e. The average Bonchev–Trinajstić information content (AvgIpc) is 2.94. The van der Waals surface area contributed by atoms with Crippen LogP contribution in [0.4, 0.5) is 5.95 Å². The summed E-state index contributed by atoms with van der Waals surface area (Å²) < 4.78 is 1.78. The minimum atomic E-state index is 0.608. The lowest BCUT2D eigenvalue weighted by Gasteiger charge is -2.32. The van der Waals surface area contributed by atoms with Crippen LogP contribution in [0.5, 0.6) is 0 Å². The average molecular weight is 245 g/mol. The summed E-state index contributed by atoms with van der Waals surface area (Å²) in [5.41, 5.74) is 0. The van der Waals surface area contributed by atoms with Gasteiger partial charge < -0.3 is 9.80 Å². The predicted molar refractivity (Wildman–Crippen MR) is 66.7 cm³/mol. The van der Waals surface area contributed by atoms with Gasteiger partial charge in [-0.2, -0.15) is 4.98 Å². The fourth-order valence-electron chi connectivity index (χ4n) is 1.94. The summed E-state index contributed by atoms with van der Waals surface area (Å²) in [6.07, 6.45) is 6.77. The molecule has 0 bridgehead atoms. The molecule has 94 valence electrons. The predicted octanol–water partition coefficient (Wildman–Crippen LogP) is -0.191. The van der Waals surface area contributed by atoms with Crippen LogP contribution >= 0.6 is 0 Å². The number of hydrogen-bond donors (Lipinski definition) is 0. The molecule has 0 radical (unpaired) electrons. The number of imidazole rings is 1. The SMILES string of the molecule is CN1CCN(c2ncnc(-n3ccnc3)n2)CC1. The van der Waals surface area contributed by atoms with Gasteiger partial charge in [0.05, 0.1) is 0 Å². The highest BCUT2D eigenvalue weighted by Gasteiger charge is 2.17. The molecule has 18 heavy (non-hydrogen) atoms. The van der Waals surface area contributed by atoms with Crippen molar-refractivity contribution in [2.45, 2.75) is 0 Å². The number of rotatable bonds is 2. The van der Waals surface area contributed by atoms with Crippen molar-refractivity contribution < 1.29 is 0 Å². The molecule has 1 aliphatic rings. The van der Waals surface area contributed by atoms with E-state index in [1.807, 2.05) is 6.20 Å². The third kappa shape index (κ3) is 2.17. The number of nitrogens with zero attached hydrogens (tertiary/aromatic N) is 7. The summed E-state index contributed by atoms with van der Waals surface area (Å²) in [7, 11) is 2.13. The second-order valence-corrected chi connectivity index (χ2v) is 4.35. The maximum absolute atomic E-state index is 4.47. The van der Waals surface area contributed by atoms with Gasteiger partial charge in [-0.15, -0.1) is 0 Å². The van der Waals surface area contributed by atoms with Crippen LogP contribution in [0.25, 0.3) is 5.95 Å². The molecular weight excluding hydrogens is 230 g/mol. The van der Waals surface area contributed by atoms with Crippen molar-refractivity contribution in [3.63, 3.8) is 0 Å². The first-order valence-corrected chi connectivity index (χ1v) is 5.94. The Balaban J connectivity index is 1.83. The van der Waals surface area contributed by atoms with E-state index < -0.39 is 0 Å². The van der Waals surface area contributed by atoms with E-state index in [1.54, 1.807) is 23.4 Å². The third-order valence-corrected chi connectivity index (χ3v) is 3.07. The normalized spacial score (nSPS) is 17.1. The molecule has 0 spiro atoms. The molecule has 0 atom stereocenters. The number of aromatic nitrogens is 5. The first-order chi connectivity index (χ1) is 8.83. The van der Waals surface area contributed by atoms with E-state index >= 15 is 0 Å². The summed E-state index contributed by atoms with van der Waals surface area (Å²) >= 11 is 0. The van der Waals surface area contributed by atoms with Crippen molar-refractivity contribution in [3.8, 4) is 5.95 Å². The van der Waals surface area contributed by atoms with Gasteiger partial charge in [0.1, 0.15) is 12.7 Å². The summed E-state index contributed by atoms with van der Waals surface area (Å²) in [5, 5.41) is 0. The van der Waals surface area contributed by atoms with Crippen LogP contribution in [0.3, 0.4) is 0 Å². The highest BCUT2D eigenvalue weighted by atomic mass is 15.3. The van der Waals surface area contributed by atoms with Crippen LogP contribution in [-0.4, -0.2) is 62.6 Å². The van der Waals surface area contributed by atoms with Crippen molar-refractivity contribution in [2.75, 3.05) is 38.1 Å². The fourth-order valence-corrected chi connectivity index (χ4v) is 1.94. The molecule has 0 N–H and O–H groups in total. The van der Waals surface area contributed by atoms with Crippen LogP contribution in [-0.2, 0) is 0 Å². The van der Waals surface area contributed by atoms with E-state index in [1.165, 1.54) is 0 Å². The van der Waals surface area contributed by atoms with Crippen LogP contribution in [0.15, 0.2) is 25.0 Å². The van der Waals surface area contributed by atoms with Gasteiger partial charge in [-0.25, -0.2) is 15.0 Å². The van der Waals surface area contributed by atoms with Gasteiger partial charge in [0.2, 0.25) is 11.9 Å². The monoisotopic (exact) mass is 245 g/mol. The van der Waals surface area contributed by atoms with Crippen LogP contribution in [0.1, 0.15) is 0 Å². The number of hydrogen-bond acceptors (Lipinski definition) is 6.